The number of rotatable bonds is 5. The number of hydrogen-bond donors (Lipinski definition) is 1. The highest BCUT2D eigenvalue weighted by molar-refractivity contribution is 5.94. The fourth-order valence-corrected chi connectivity index (χ4v) is 2.03. The van der Waals surface area contributed by atoms with Crippen LogP contribution in [0.15, 0.2) is 18.2 Å². The SMILES string of the molecule is CCC(C)CN(C)C(=O)c1ccc(NC)c(C(F)(F)F)c1. The molecule has 1 unspecified atom stereocenters. The molecule has 0 aliphatic heterocycles. The van der Waals surface area contributed by atoms with Crippen molar-refractivity contribution < 1.29 is 18.0 Å². The molecule has 0 radical (unpaired) electrons. The van der Waals surface area contributed by atoms with Crippen molar-refractivity contribution in [2.45, 2.75) is 26.4 Å². The molecular formula is C15H21F3N2O. The summed E-state index contributed by atoms with van der Waals surface area (Å²) in [5.74, 6) is -0.0962. The Morgan fingerprint density at radius 3 is 2.48 bits per heavy atom. The van der Waals surface area contributed by atoms with E-state index in [1.807, 2.05) is 13.8 Å². The number of hydrogen-bond acceptors (Lipinski definition) is 2. The van der Waals surface area contributed by atoms with Crippen LogP contribution < -0.4 is 5.32 Å². The minimum absolute atomic E-state index is 0.0383. The van der Waals surface area contributed by atoms with Crippen molar-refractivity contribution >= 4 is 11.6 Å². The van der Waals surface area contributed by atoms with E-state index in [4.69, 9.17) is 0 Å². The highest BCUT2D eigenvalue weighted by Gasteiger charge is 2.34. The zero-order valence-corrected chi connectivity index (χ0v) is 12.7. The van der Waals surface area contributed by atoms with Crippen LogP contribution in [-0.4, -0.2) is 31.4 Å². The van der Waals surface area contributed by atoms with Crippen LogP contribution in [0.4, 0.5) is 18.9 Å². The molecular weight excluding hydrogens is 281 g/mol. The molecule has 0 heterocycles. The molecule has 0 fully saturated rings. The maximum Gasteiger partial charge on any atom is 0.418 e. The van der Waals surface area contributed by atoms with E-state index in [0.29, 0.717) is 12.5 Å². The van der Waals surface area contributed by atoms with Crippen molar-refractivity contribution in [3.63, 3.8) is 0 Å². The van der Waals surface area contributed by atoms with Gasteiger partial charge in [0.05, 0.1) is 5.56 Å². The molecule has 0 bridgehead atoms. The van der Waals surface area contributed by atoms with Gasteiger partial charge in [-0.3, -0.25) is 4.79 Å². The molecule has 1 aromatic carbocycles. The van der Waals surface area contributed by atoms with E-state index >= 15 is 0 Å². The minimum Gasteiger partial charge on any atom is -0.388 e. The second-order valence-electron chi connectivity index (χ2n) is 5.21. The first-order valence-electron chi connectivity index (χ1n) is 6.85. The van der Waals surface area contributed by atoms with E-state index in [2.05, 4.69) is 5.32 Å². The molecule has 1 amide bonds. The van der Waals surface area contributed by atoms with Crippen LogP contribution in [0.25, 0.3) is 0 Å². The lowest BCUT2D eigenvalue weighted by atomic mass is 10.1. The fraction of sp³-hybridized carbons (Fsp3) is 0.533. The van der Waals surface area contributed by atoms with E-state index in [1.54, 1.807) is 7.05 Å². The number of alkyl halides is 3. The first kappa shape index (κ1) is 17.3. The van der Waals surface area contributed by atoms with Gasteiger partial charge in [-0.1, -0.05) is 20.3 Å². The molecule has 0 aliphatic rings. The fourth-order valence-electron chi connectivity index (χ4n) is 2.03. The number of benzene rings is 1. The van der Waals surface area contributed by atoms with Gasteiger partial charge < -0.3 is 10.2 Å². The number of nitrogens with one attached hydrogen (secondary N) is 1. The van der Waals surface area contributed by atoms with E-state index < -0.39 is 17.6 Å². The number of nitrogens with zero attached hydrogens (tertiary/aromatic N) is 1. The lowest BCUT2D eigenvalue weighted by molar-refractivity contribution is -0.136. The lowest BCUT2D eigenvalue weighted by Gasteiger charge is -2.22. The van der Waals surface area contributed by atoms with Crippen LogP contribution in [0.5, 0.6) is 0 Å². The Bertz CT molecular complexity index is 500. The molecule has 0 saturated heterocycles. The van der Waals surface area contributed by atoms with Crippen molar-refractivity contribution in [3.8, 4) is 0 Å². The smallest absolute Gasteiger partial charge is 0.388 e. The molecule has 1 rings (SSSR count). The highest BCUT2D eigenvalue weighted by atomic mass is 19.4. The lowest BCUT2D eigenvalue weighted by Crippen LogP contribution is -2.31. The van der Waals surface area contributed by atoms with Gasteiger partial charge in [0, 0.05) is 31.9 Å². The number of anilines is 1. The van der Waals surface area contributed by atoms with Crippen molar-refractivity contribution in [2.75, 3.05) is 26.0 Å². The third-order valence-corrected chi connectivity index (χ3v) is 3.47. The van der Waals surface area contributed by atoms with Gasteiger partial charge in [-0.2, -0.15) is 13.2 Å². The Kier molecular flexibility index (Phi) is 5.63. The average Bonchev–Trinajstić information content (AvgIpc) is 2.44. The Hall–Kier alpha value is -1.72. The third kappa shape index (κ3) is 4.37. The topological polar surface area (TPSA) is 32.3 Å². The van der Waals surface area contributed by atoms with Gasteiger partial charge >= 0.3 is 6.18 Å². The van der Waals surface area contributed by atoms with Crippen LogP contribution in [-0.2, 0) is 6.18 Å². The van der Waals surface area contributed by atoms with Crippen LogP contribution in [0.2, 0.25) is 0 Å². The predicted molar refractivity (Wildman–Crippen MR) is 77.4 cm³/mol. The van der Waals surface area contributed by atoms with Crippen molar-refractivity contribution in [1.82, 2.24) is 4.90 Å². The molecule has 3 nitrogen and oxygen atoms in total. The quantitative estimate of drug-likeness (QED) is 0.895. The van der Waals surface area contributed by atoms with Gasteiger partial charge in [-0.15, -0.1) is 0 Å². The molecule has 1 aromatic rings. The molecule has 0 saturated carbocycles. The minimum atomic E-state index is -4.50. The third-order valence-electron chi connectivity index (χ3n) is 3.47. The summed E-state index contributed by atoms with van der Waals surface area (Å²) in [6.45, 7) is 4.52. The zero-order valence-electron chi connectivity index (χ0n) is 12.7. The average molecular weight is 302 g/mol. The molecule has 6 heteroatoms. The molecule has 0 spiro atoms. The van der Waals surface area contributed by atoms with E-state index in [0.717, 1.165) is 12.5 Å². The highest BCUT2D eigenvalue weighted by Crippen LogP contribution is 2.35. The normalized spacial score (nSPS) is 12.9. The van der Waals surface area contributed by atoms with E-state index in [-0.39, 0.29) is 11.3 Å². The van der Waals surface area contributed by atoms with Gasteiger partial charge in [0.1, 0.15) is 0 Å². The molecule has 118 valence electrons. The monoisotopic (exact) mass is 302 g/mol. The molecule has 1 atom stereocenters. The van der Waals surface area contributed by atoms with Crippen molar-refractivity contribution in [2.24, 2.45) is 5.92 Å². The van der Waals surface area contributed by atoms with Gasteiger partial charge in [-0.25, -0.2) is 0 Å². The van der Waals surface area contributed by atoms with Gasteiger partial charge in [0.15, 0.2) is 0 Å². The van der Waals surface area contributed by atoms with E-state index in [1.165, 1.54) is 24.1 Å². The second kappa shape index (κ2) is 6.83. The summed E-state index contributed by atoms with van der Waals surface area (Å²) >= 11 is 0. The molecule has 21 heavy (non-hydrogen) atoms. The first-order valence-corrected chi connectivity index (χ1v) is 6.85. The summed E-state index contributed by atoms with van der Waals surface area (Å²) in [6.07, 6.45) is -3.59. The summed E-state index contributed by atoms with van der Waals surface area (Å²) in [7, 11) is 3.02. The van der Waals surface area contributed by atoms with Gasteiger partial charge in [-0.05, 0) is 24.1 Å². The standard InChI is InChI=1S/C15H21F3N2O/c1-5-10(2)9-20(4)14(21)11-6-7-13(19-3)12(8-11)15(16,17)18/h6-8,10,19H,5,9H2,1-4H3. The maximum atomic E-state index is 13.0. The summed E-state index contributed by atoms with van der Waals surface area (Å²) in [5.41, 5.74) is -0.816. The molecule has 0 aliphatic carbocycles. The Morgan fingerprint density at radius 2 is 2.00 bits per heavy atom. The zero-order chi connectivity index (χ0) is 16.2. The first-order chi connectivity index (χ1) is 9.70. The second-order valence-corrected chi connectivity index (χ2v) is 5.21. The molecule has 0 aromatic heterocycles. The van der Waals surface area contributed by atoms with Crippen LogP contribution >= 0.6 is 0 Å². The Balaban J connectivity index is 3.06. The van der Waals surface area contributed by atoms with Crippen LogP contribution in [0.3, 0.4) is 0 Å². The Morgan fingerprint density at radius 1 is 1.38 bits per heavy atom. The number of carbonyl (C=O) groups is 1. The van der Waals surface area contributed by atoms with Crippen LogP contribution in [0, 0.1) is 5.92 Å². The number of amides is 1. The van der Waals surface area contributed by atoms with Gasteiger partial charge in [0.2, 0.25) is 0 Å². The number of carbonyl (C=O) groups excluding carboxylic acids is 1. The maximum absolute atomic E-state index is 13.0. The van der Waals surface area contributed by atoms with E-state index in [9.17, 15) is 18.0 Å². The summed E-state index contributed by atoms with van der Waals surface area (Å²) in [6, 6.07) is 3.60. The van der Waals surface area contributed by atoms with Crippen molar-refractivity contribution in [1.29, 1.82) is 0 Å². The van der Waals surface area contributed by atoms with Gasteiger partial charge in [0.25, 0.3) is 5.91 Å². The Labute approximate surface area is 123 Å². The van der Waals surface area contributed by atoms with Crippen molar-refractivity contribution in [3.05, 3.63) is 29.3 Å². The van der Waals surface area contributed by atoms with Crippen LogP contribution in [0.1, 0.15) is 36.2 Å². The summed E-state index contributed by atoms with van der Waals surface area (Å²) in [5, 5.41) is 2.49. The molecule has 1 N–H and O–H groups in total. The number of halogens is 3. The summed E-state index contributed by atoms with van der Waals surface area (Å²) < 4.78 is 38.9. The predicted octanol–water partition coefficient (Wildman–Crippen LogP) is 3.87. The summed E-state index contributed by atoms with van der Waals surface area (Å²) in [4.78, 5) is 13.7. The largest absolute Gasteiger partial charge is 0.418 e.